The van der Waals surface area contributed by atoms with E-state index in [4.69, 9.17) is 11.6 Å². The Hall–Kier alpha value is -1.28. The molecule has 2 unspecified atom stereocenters. The van der Waals surface area contributed by atoms with E-state index in [-0.39, 0.29) is 23.5 Å². The summed E-state index contributed by atoms with van der Waals surface area (Å²) in [5.74, 6) is -0.0394. The maximum atomic E-state index is 12.8. The third-order valence-electron chi connectivity index (χ3n) is 5.90. The molecule has 0 bridgehead atoms. The van der Waals surface area contributed by atoms with Crippen LogP contribution in [0.3, 0.4) is 0 Å². The maximum Gasteiger partial charge on any atom is 0.238 e. The van der Waals surface area contributed by atoms with Crippen molar-refractivity contribution in [1.82, 2.24) is 14.7 Å². The van der Waals surface area contributed by atoms with Gasteiger partial charge in [-0.2, -0.15) is 0 Å². The molecule has 3 heterocycles. The van der Waals surface area contributed by atoms with Crippen LogP contribution in [0.1, 0.15) is 19.3 Å². The van der Waals surface area contributed by atoms with Crippen LogP contribution in [-0.4, -0.2) is 84.1 Å². The molecule has 0 saturated carbocycles. The fraction of sp³-hybridized carbons (Fsp3) is 0.600. The number of halogens is 1. The minimum absolute atomic E-state index is 0.0745. The number of piperidine rings is 1. The maximum absolute atomic E-state index is 12.8. The molecular weight excluding hydrogens is 396 g/mol. The largest absolute Gasteiger partial charge is 0.340 e. The van der Waals surface area contributed by atoms with Gasteiger partial charge in [-0.3, -0.25) is 14.5 Å². The average Bonchev–Trinajstić information content (AvgIpc) is 2.69. The summed E-state index contributed by atoms with van der Waals surface area (Å²) >= 11 is 7.45. The Balaban J connectivity index is 1.30. The molecule has 0 aromatic heterocycles. The van der Waals surface area contributed by atoms with Crippen molar-refractivity contribution in [3.05, 3.63) is 23.2 Å². The van der Waals surface area contributed by atoms with Crippen molar-refractivity contribution in [1.29, 1.82) is 0 Å². The van der Waals surface area contributed by atoms with Crippen molar-refractivity contribution in [2.24, 2.45) is 0 Å². The molecule has 6 nitrogen and oxygen atoms in total. The number of nitrogens with zero attached hydrogens (tertiary/aromatic N) is 3. The molecule has 3 aliphatic rings. The monoisotopic (exact) mass is 422 g/mol. The molecule has 0 aliphatic carbocycles. The topological polar surface area (TPSA) is 55.9 Å². The van der Waals surface area contributed by atoms with E-state index in [9.17, 15) is 9.59 Å². The highest BCUT2D eigenvalue weighted by molar-refractivity contribution is 8.01. The van der Waals surface area contributed by atoms with Gasteiger partial charge >= 0.3 is 0 Å². The third kappa shape index (κ3) is 4.48. The number of rotatable bonds is 3. The van der Waals surface area contributed by atoms with Gasteiger partial charge in [-0.05, 0) is 44.6 Å². The lowest BCUT2D eigenvalue weighted by Crippen LogP contribution is -2.55. The van der Waals surface area contributed by atoms with E-state index in [1.54, 1.807) is 6.07 Å². The lowest BCUT2D eigenvalue weighted by Gasteiger charge is -2.42. The molecule has 1 aromatic rings. The highest BCUT2D eigenvalue weighted by atomic mass is 35.5. The molecule has 4 rings (SSSR count). The Morgan fingerprint density at radius 1 is 1.25 bits per heavy atom. The second kappa shape index (κ2) is 8.61. The lowest BCUT2D eigenvalue weighted by atomic mass is 10.0. The first-order valence-electron chi connectivity index (χ1n) is 9.97. The number of benzene rings is 1. The van der Waals surface area contributed by atoms with Gasteiger partial charge in [0.05, 0.1) is 10.9 Å². The van der Waals surface area contributed by atoms with Gasteiger partial charge in [-0.15, -0.1) is 11.8 Å². The van der Waals surface area contributed by atoms with E-state index in [2.05, 4.69) is 22.2 Å². The van der Waals surface area contributed by atoms with Gasteiger partial charge in [-0.1, -0.05) is 11.6 Å². The Labute approximate surface area is 175 Å². The lowest BCUT2D eigenvalue weighted by molar-refractivity contribution is -0.134. The predicted molar refractivity (Wildman–Crippen MR) is 113 cm³/mol. The van der Waals surface area contributed by atoms with E-state index in [0.29, 0.717) is 11.1 Å². The van der Waals surface area contributed by atoms with Crippen LogP contribution >= 0.6 is 23.4 Å². The fourth-order valence-corrected chi connectivity index (χ4v) is 5.57. The number of amides is 2. The normalized spacial score (nSPS) is 26.6. The molecule has 8 heteroatoms. The summed E-state index contributed by atoms with van der Waals surface area (Å²) in [6.45, 7) is 5.67. The first kappa shape index (κ1) is 20.0. The first-order chi connectivity index (χ1) is 13.5. The molecule has 152 valence electrons. The number of anilines is 1. The van der Waals surface area contributed by atoms with Crippen LogP contribution in [-0.2, 0) is 9.59 Å². The molecule has 3 aliphatic heterocycles. The summed E-state index contributed by atoms with van der Waals surface area (Å²) < 4.78 is 0. The van der Waals surface area contributed by atoms with Gasteiger partial charge in [0.25, 0.3) is 0 Å². The number of hydrogen-bond acceptors (Lipinski definition) is 5. The molecule has 0 radical (unpaired) electrons. The van der Waals surface area contributed by atoms with E-state index in [0.717, 1.165) is 43.3 Å². The molecule has 2 saturated heterocycles. The number of fused-ring (bicyclic) bond motifs is 1. The van der Waals surface area contributed by atoms with Crippen molar-refractivity contribution >= 4 is 40.9 Å². The smallest absolute Gasteiger partial charge is 0.238 e. The molecule has 28 heavy (non-hydrogen) atoms. The van der Waals surface area contributed by atoms with Crippen LogP contribution in [0.2, 0.25) is 5.02 Å². The Morgan fingerprint density at radius 3 is 2.79 bits per heavy atom. The standard InChI is InChI=1S/C20H27ClN4O2S/c1-23-6-2-3-15(13-23)24-7-9-25(10-8-24)19(26)12-18-20(27)22-16-11-14(21)4-5-17(16)28-18/h4-5,11,15,18H,2-3,6-10,12-13H2,1H3,(H,22,27). The quantitative estimate of drug-likeness (QED) is 0.810. The minimum Gasteiger partial charge on any atom is -0.340 e. The zero-order chi connectivity index (χ0) is 19.7. The average molecular weight is 423 g/mol. The summed E-state index contributed by atoms with van der Waals surface area (Å²) in [5, 5.41) is 3.10. The Bertz CT molecular complexity index is 754. The number of hydrogen-bond donors (Lipinski definition) is 1. The SMILES string of the molecule is CN1CCCC(N2CCN(C(=O)CC3Sc4ccc(Cl)cc4NC3=O)CC2)C1. The first-order valence-corrected chi connectivity index (χ1v) is 11.2. The fourth-order valence-electron chi connectivity index (χ4n) is 4.32. The summed E-state index contributed by atoms with van der Waals surface area (Å²) in [6, 6.07) is 6.08. The van der Waals surface area contributed by atoms with Crippen molar-refractivity contribution in [2.75, 3.05) is 51.6 Å². The van der Waals surface area contributed by atoms with E-state index < -0.39 is 0 Å². The predicted octanol–water partition coefficient (Wildman–Crippen LogP) is 2.38. The number of carbonyl (C=O) groups is 2. The number of piperazine rings is 1. The van der Waals surface area contributed by atoms with Gasteiger partial charge in [0.2, 0.25) is 11.8 Å². The summed E-state index contributed by atoms with van der Waals surface area (Å²) in [7, 11) is 2.19. The number of likely N-dealkylation sites (N-methyl/N-ethyl adjacent to an activating group) is 1. The van der Waals surface area contributed by atoms with Crippen molar-refractivity contribution < 1.29 is 9.59 Å². The second-order valence-electron chi connectivity index (χ2n) is 7.92. The van der Waals surface area contributed by atoms with E-state index >= 15 is 0 Å². The molecule has 2 fully saturated rings. The van der Waals surface area contributed by atoms with Crippen LogP contribution in [0, 0.1) is 0 Å². The number of carbonyl (C=O) groups excluding carboxylic acids is 2. The number of thioether (sulfide) groups is 1. The molecule has 2 amide bonds. The second-order valence-corrected chi connectivity index (χ2v) is 9.60. The third-order valence-corrected chi connectivity index (χ3v) is 7.41. The number of nitrogens with one attached hydrogen (secondary N) is 1. The van der Waals surface area contributed by atoms with Crippen molar-refractivity contribution in [3.63, 3.8) is 0 Å². The Kier molecular flexibility index (Phi) is 6.16. The molecule has 1 N–H and O–H groups in total. The minimum atomic E-state index is -0.383. The van der Waals surface area contributed by atoms with Crippen molar-refractivity contribution in [3.8, 4) is 0 Å². The summed E-state index contributed by atoms with van der Waals surface area (Å²) in [5.41, 5.74) is 0.734. The number of likely N-dealkylation sites (tertiary alicyclic amines) is 1. The van der Waals surface area contributed by atoms with Crippen LogP contribution in [0.25, 0.3) is 0 Å². The Morgan fingerprint density at radius 2 is 2.04 bits per heavy atom. The van der Waals surface area contributed by atoms with Gasteiger partial charge in [0.15, 0.2) is 0 Å². The van der Waals surface area contributed by atoms with Gasteiger partial charge in [-0.25, -0.2) is 0 Å². The van der Waals surface area contributed by atoms with Crippen LogP contribution in [0.5, 0.6) is 0 Å². The van der Waals surface area contributed by atoms with E-state index in [1.165, 1.54) is 31.1 Å². The molecule has 0 spiro atoms. The summed E-state index contributed by atoms with van der Waals surface area (Å²) in [6.07, 6.45) is 2.74. The molecule has 2 atom stereocenters. The zero-order valence-electron chi connectivity index (χ0n) is 16.2. The molecular formula is C20H27ClN4O2S. The van der Waals surface area contributed by atoms with Gasteiger partial charge in [0, 0.05) is 55.1 Å². The highest BCUT2D eigenvalue weighted by Gasteiger charge is 2.33. The van der Waals surface area contributed by atoms with Gasteiger partial charge in [0.1, 0.15) is 0 Å². The van der Waals surface area contributed by atoms with E-state index in [1.807, 2.05) is 17.0 Å². The van der Waals surface area contributed by atoms with Crippen molar-refractivity contribution in [2.45, 2.75) is 35.4 Å². The summed E-state index contributed by atoms with van der Waals surface area (Å²) in [4.78, 5) is 33.0. The van der Waals surface area contributed by atoms with Crippen LogP contribution < -0.4 is 5.32 Å². The molecule has 1 aromatic carbocycles. The van der Waals surface area contributed by atoms with Crippen LogP contribution in [0.4, 0.5) is 5.69 Å². The van der Waals surface area contributed by atoms with Crippen LogP contribution in [0.15, 0.2) is 23.1 Å². The highest BCUT2D eigenvalue weighted by Crippen LogP contribution is 2.38. The zero-order valence-corrected chi connectivity index (χ0v) is 17.8. The van der Waals surface area contributed by atoms with Gasteiger partial charge < -0.3 is 15.1 Å².